The van der Waals surface area contributed by atoms with Gasteiger partial charge in [-0.1, -0.05) is 18.9 Å². The minimum absolute atomic E-state index is 0.181. The lowest BCUT2D eigenvalue weighted by atomic mass is 9.94. The van der Waals surface area contributed by atoms with E-state index in [1.165, 1.54) is 37.7 Å². The Bertz CT molecular complexity index is 383. The number of likely N-dealkylation sites (N-methyl/N-ethyl adjacent to an activating group) is 1. The monoisotopic (exact) mass is 253 g/mol. The van der Waals surface area contributed by atoms with Gasteiger partial charge in [0.15, 0.2) is 5.22 Å². The van der Waals surface area contributed by atoms with E-state index in [0.717, 1.165) is 12.2 Å². The zero-order valence-corrected chi connectivity index (χ0v) is 11.1. The maximum atomic E-state index is 5.84. The number of hydrogen-bond acceptors (Lipinski definition) is 2. The SMILES string of the molecule is CNC(/C1=C/CCCCCC1)c1ccc(Cl)o1. The van der Waals surface area contributed by atoms with Crippen LogP contribution in [-0.4, -0.2) is 7.05 Å². The maximum absolute atomic E-state index is 5.84. The van der Waals surface area contributed by atoms with Crippen LogP contribution in [0.3, 0.4) is 0 Å². The summed E-state index contributed by atoms with van der Waals surface area (Å²) in [4.78, 5) is 0. The van der Waals surface area contributed by atoms with Crippen molar-refractivity contribution < 1.29 is 4.42 Å². The van der Waals surface area contributed by atoms with E-state index in [1.54, 1.807) is 0 Å². The minimum Gasteiger partial charge on any atom is -0.448 e. The van der Waals surface area contributed by atoms with Gasteiger partial charge in [-0.15, -0.1) is 0 Å². The molecule has 0 aliphatic heterocycles. The molecule has 0 fully saturated rings. The normalized spacial score (nSPS) is 22.4. The van der Waals surface area contributed by atoms with Crippen LogP contribution < -0.4 is 5.32 Å². The van der Waals surface area contributed by atoms with Crippen molar-refractivity contribution in [3.8, 4) is 0 Å². The van der Waals surface area contributed by atoms with E-state index in [9.17, 15) is 0 Å². The average Bonchev–Trinajstić information content (AvgIpc) is 2.68. The lowest BCUT2D eigenvalue weighted by Crippen LogP contribution is -2.18. The molecular weight excluding hydrogens is 234 g/mol. The van der Waals surface area contributed by atoms with Crippen molar-refractivity contribution in [3.63, 3.8) is 0 Å². The summed E-state index contributed by atoms with van der Waals surface area (Å²) in [5.74, 6) is 0.921. The van der Waals surface area contributed by atoms with E-state index >= 15 is 0 Å². The first-order valence-electron chi connectivity index (χ1n) is 6.42. The summed E-state index contributed by atoms with van der Waals surface area (Å²) in [6, 6.07) is 3.95. The molecule has 0 radical (unpaired) electrons. The van der Waals surface area contributed by atoms with Gasteiger partial charge in [0.1, 0.15) is 5.76 Å². The minimum atomic E-state index is 0.181. The molecule has 0 amide bonds. The predicted molar refractivity (Wildman–Crippen MR) is 71.3 cm³/mol. The van der Waals surface area contributed by atoms with Gasteiger partial charge in [0.05, 0.1) is 6.04 Å². The summed E-state index contributed by atoms with van der Waals surface area (Å²) >= 11 is 5.84. The van der Waals surface area contributed by atoms with Crippen molar-refractivity contribution in [2.45, 2.75) is 44.6 Å². The van der Waals surface area contributed by atoms with Crippen molar-refractivity contribution in [3.05, 3.63) is 34.8 Å². The largest absolute Gasteiger partial charge is 0.448 e. The van der Waals surface area contributed by atoms with Gasteiger partial charge in [-0.05, 0) is 62.0 Å². The third kappa shape index (κ3) is 3.36. The van der Waals surface area contributed by atoms with Crippen LogP contribution >= 0.6 is 11.6 Å². The summed E-state index contributed by atoms with van der Waals surface area (Å²) < 4.78 is 5.52. The molecule has 0 spiro atoms. The number of hydrogen-bond donors (Lipinski definition) is 1. The highest BCUT2D eigenvalue weighted by Crippen LogP contribution is 2.30. The Labute approximate surface area is 108 Å². The molecule has 17 heavy (non-hydrogen) atoms. The molecule has 1 aromatic heterocycles. The van der Waals surface area contributed by atoms with Crippen molar-refractivity contribution in [2.24, 2.45) is 0 Å². The second-order valence-corrected chi connectivity index (χ2v) is 4.97. The van der Waals surface area contributed by atoms with E-state index in [4.69, 9.17) is 16.0 Å². The lowest BCUT2D eigenvalue weighted by molar-refractivity contribution is 0.449. The van der Waals surface area contributed by atoms with Crippen LogP contribution in [0.4, 0.5) is 0 Å². The first kappa shape index (κ1) is 12.7. The number of furan rings is 1. The van der Waals surface area contributed by atoms with Crippen LogP contribution in [0, 0.1) is 0 Å². The fourth-order valence-electron chi connectivity index (χ4n) is 2.47. The van der Waals surface area contributed by atoms with Gasteiger partial charge >= 0.3 is 0 Å². The summed E-state index contributed by atoms with van der Waals surface area (Å²) in [7, 11) is 1.97. The van der Waals surface area contributed by atoms with Gasteiger partial charge in [0.2, 0.25) is 0 Å². The Morgan fingerprint density at radius 1 is 1.24 bits per heavy atom. The molecule has 0 saturated carbocycles. The number of allylic oxidation sites excluding steroid dienone is 1. The second-order valence-electron chi connectivity index (χ2n) is 4.60. The molecule has 2 rings (SSSR count). The molecule has 1 atom stereocenters. The number of rotatable bonds is 3. The molecule has 1 aliphatic carbocycles. The zero-order valence-electron chi connectivity index (χ0n) is 10.3. The van der Waals surface area contributed by atoms with E-state index in [1.807, 2.05) is 19.2 Å². The second kappa shape index (κ2) is 6.27. The molecule has 1 unspecified atom stereocenters. The predicted octanol–water partition coefficient (Wildman–Crippen LogP) is 4.47. The van der Waals surface area contributed by atoms with Gasteiger partial charge in [0.25, 0.3) is 0 Å². The van der Waals surface area contributed by atoms with Crippen LogP contribution in [0.25, 0.3) is 0 Å². The van der Waals surface area contributed by atoms with Gasteiger partial charge in [0, 0.05) is 0 Å². The highest BCUT2D eigenvalue weighted by molar-refractivity contribution is 6.28. The van der Waals surface area contributed by atoms with Crippen LogP contribution in [0.5, 0.6) is 0 Å². The Balaban J connectivity index is 2.16. The molecular formula is C14H20ClNO. The van der Waals surface area contributed by atoms with E-state index in [2.05, 4.69) is 11.4 Å². The first-order valence-corrected chi connectivity index (χ1v) is 6.80. The number of halogens is 1. The van der Waals surface area contributed by atoms with Crippen molar-refractivity contribution in [1.82, 2.24) is 5.32 Å². The Morgan fingerprint density at radius 3 is 2.76 bits per heavy atom. The maximum Gasteiger partial charge on any atom is 0.193 e. The zero-order chi connectivity index (χ0) is 12.1. The molecule has 0 aromatic carbocycles. The van der Waals surface area contributed by atoms with E-state index < -0.39 is 0 Å². The van der Waals surface area contributed by atoms with E-state index in [-0.39, 0.29) is 6.04 Å². The molecule has 1 N–H and O–H groups in total. The third-order valence-electron chi connectivity index (χ3n) is 3.36. The molecule has 1 aromatic rings. The van der Waals surface area contributed by atoms with Crippen LogP contribution in [0.15, 0.2) is 28.2 Å². The molecule has 94 valence electrons. The van der Waals surface area contributed by atoms with Crippen LogP contribution in [0.2, 0.25) is 5.22 Å². The first-order chi connectivity index (χ1) is 8.31. The quantitative estimate of drug-likeness (QED) is 0.804. The van der Waals surface area contributed by atoms with Gasteiger partial charge < -0.3 is 9.73 Å². The Kier molecular flexibility index (Phi) is 4.69. The Morgan fingerprint density at radius 2 is 2.06 bits per heavy atom. The van der Waals surface area contributed by atoms with Crippen LogP contribution in [-0.2, 0) is 0 Å². The van der Waals surface area contributed by atoms with Crippen LogP contribution in [0.1, 0.15) is 50.3 Å². The number of nitrogens with one attached hydrogen (secondary N) is 1. The van der Waals surface area contributed by atoms with Crippen molar-refractivity contribution >= 4 is 11.6 Å². The molecule has 1 heterocycles. The Hall–Kier alpha value is -0.730. The van der Waals surface area contributed by atoms with E-state index in [0.29, 0.717) is 5.22 Å². The highest BCUT2D eigenvalue weighted by atomic mass is 35.5. The summed E-state index contributed by atoms with van der Waals surface area (Å²) in [5, 5.41) is 3.79. The smallest absolute Gasteiger partial charge is 0.193 e. The molecule has 0 bridgehead atoms. The average molecular weight is 254 g/mol. The molecule has 2 nitrogen and oxygen atoms in total. The van der Waals surface area contributed by atoms with Crippen molar-refractivity contribution in [1.29, 1.82) is 0 Å². The topological polar surface area (TPSA) is 25.2 Å². The van der Waals surface area contributed by atoms with Gasteiger partial charge in [-0.25, -0.2) is 0 Å². The van der Waals surface area contributed by atoms with Crippen molar-refractivity contribution in [2.75, 3.05) is 7.05 Å². The summed E-state index contributed by atoms with van der Waals surface area (Å²) in [6.45, 7) is 0. The fraction of sp³-hybridized carbons (Fsp3) is 0.571. The lowest BCUT2D eigenvalue weighted by Gasteiger charge is -2.19. The molecule has 0 saturated heterocycles. The standard InChI is InChI=1S/C14H20ClNO/c1-16-14(12-9-10-13(15)17-12)11-7-5-3-2-4-6-8-11/h7,9-10,14,16H,2-6,8H2,1H3/b11-7+. The summed E-state index contributed by atoms with van der Waals surface area (Å²) in [5.41, 5.74) is 1.44. The van der Waals surface area contributed by atoms with Gasteiger partial charge in [-0.3, -0.25) is 0 Å². The fourth-order valence-corrected chi connectivity index (χ4v) is 2.62. The third-order valence-corrected chi connectivity index (χ3v) is 3.57. The molecule has 1 aliphatic rings. The molecule has 3 heteroatoms. The van der Waals surface area contributed by atoms with Gasteiger partial charge in [-0.2, -0.15) is 0 Å². The summed E-state index contributed by atoms with van der Waals surface area (Å²) in [6.07, 6.45) is 9.99. The highest BCUT2D eigenvalue weighted by Gasteiger charge is 2.18.